The molecule has 4 nitrogen and oxygen atoms in total. The number of carbonyl (C=O) groups excluding carboxylic acids is 1. The Morgan fingerprint density at radius 2 is 2.44 bits per heavy atom. The van der Waals surface area contributed by atoms with Crippen LogP contribution in [0.3, 0.4) is 0 Å². The number of rotatable bonds is 4. The summed E-state index contributed by atoms with van der Waals surface area (Å²) in [7, 11) is 1.38. The summed E-state index contributed by atoms with van der Waals surface area (Å²) in [5, 5.41) is 3.13. The molecule has 1 fully saturated rings. The standard InChI is InChI=1S/C13H16FNO3/c1-17-12-4-2-3-10(13(12)14)11(16)7-9-8-15-5-6-18-9/h2-4,9,15H,5-8H2,1H3. The van der Waals surface area contributed by atoms with Gasteiger partial charge in [-0.2, -0.15) is 0 Å². The first-order chi connectivity index (χ1) is 8.72. The van der Waals surface area contributed by atoms with E-state index in [0.717, 1.165) is 6.54 Å². The smallest absolute Gasteiger partial charge is 0.175 e. The Morgan fingerprint density at radius 3 is 3.11 bits per heavy atom. The zero-order valence-electron chi connectivity index (χ0n) is 10.2. The van der Waals surface area contributed by atoms with Crippen LogP contribution in [0.15, 0.2) is 18.2 Å². The van der Waals surface area contributed by atoms with Gasteiger partial charge in [0.15, 0.2) is 17.3 Å². The van der Waals surface area contributed by atoms with Crippen molar-refractivity contribution in [1.82, 2.24) is 5.32 Å². The van der Waals surface area contributed by atoms with Crippen molar-refractivity contribution >= 4 is 5.78 Å². The van der Waals surface area contributed by atoms with Crippen LogP contribution >= 0.6 is 0 Å². The van der Waals surface area contributed by atoms with E-state index in [2.05, 4.69) is 5.32 Å². The zero-order chi connectivity index (χ0) is 13.0. The molecular formula is C13H16FNO3. The quantitative estimate of drug-likeness (QED) is 0.824. The minimum atomic E-state index is -0.603. The highest BCUT2D eigenvalue weighted by atomic mass is 19.1. The van der Waals surface area contributed by atoms with E-state index in [-0.39, 0.29) is 29.6 Å². The second-order valence-electron chi connectivity index (χ2n) is 4.15. The molecule has 1 atom stereocenters. The van der Waals surface area contributed by atoms with Crippen LogP contribution in [0.1, 0.15) is 16.8 Å². The van der Waals surface area contributed by atoms with Gasteiger partial charge in [0.2, 0.25) is 0 Å². The number of ketones is 1. The van der Waals surface area contributed by atoms with E-state index in [0.29, 0.717) is 13.2 Å². The van der Waals surface area contributed by atoms with Crippen LogP contribution in [-0.4, -0.2) is 38.7 Å². The fourth-order valence-corrected chi connectivity index (χ4v) is 1.95. The zero-order valence-corrected chi connectivity index (χ0v) is 10.2. The maximum atomic E-state index is 13.9. The third-order valence-electron chi connectivity index (χ3n) is 2.90. The topological polar surface area (TPSA) is 47.6 Å². The molecule has 18 heavy (non-hydrogen) atoms. The summed E-state index contributed by atoms with van der Waals surface area (Å²) < 4.78 is 24.2. The van der Waals surface area contributed by atoms with Gasteiger partial charge in [0.05, 0.1) is 25.4 Å². The summed E-state index contributed by atoms with van der Waals surface area (Å²) >= 11 is 0. The Labute approximate surface area is 105 Å². The normalized spacial score (nSPS) is 19.6. The number of carbonyl (C=O) groups is 1. The van der Waals surface area contributed by atoms with Gasteiger partial charge in [0.1, 0.15) is 0 Å². The van der Waals surface area contributed by atoms with E-state index < -0.39 is 5.82 Å². The number of halogens is 1. The van der Waals surface area contributed by atoms with Gasteiger partial charge in [-0.05, 0) is 12.1 Å². The van der Waals surface area contributed by atoms with Gasteiger partial charge in [-0.15, -0.1) is 0 Å². The average molecular weight is 253 g/mol. The lowest BCUT2D eigenvalue weighted by molar-refractivity contribution is 0.0239. The Morgan fingerprint density at radius 1 is 1.61 bits per heavy atom. The molecule has 1 saturated heterocycles. The van der Waals surface area contributed by atoms with Crippen molar-refractivity contribution in [2.75, 3.05) is 26.8 Å². The molecule has 1 aromatic carbocycles. The molecule has 0 radical (unpaired) electrons. The second-order valence-corrected chi connectivity index (χ2v) is 4.15. The van der Waals surface area contributed by atoms with Crippen LogP contribution in [0.4, 0.5) is 4.39 Å². The van der Waals surface area contributed by atoms with Crippen molar-refractivity contribution in [2.45, 2.75) is 12.5 Å². The van der Waals surface area contributed by atoms with Crippen molar-refractivity contribution in [3.8, 4) is 5.75 Å². The summed E-state index contributed by atoms with van der Waals surface area (Å²) in [6.07, 6.45) is -0.00580. The predicted molar refractivity (Wildman–Crippen MR) is 64.5 cm³/mol. The van der Waals surface area contributed by atoms with E-state index >= 15 is 0 Å². The van der Waals surface area contributed by atoms with Gasteiger partial charge in [0, 0.05) is 19.5 Å². The lowest BCUT2D eigenvalue weighted by Crippen LogP contribution is -2.39. The molecule has 0 aromatic heterocycles. The summed E-state index contributed by atoms with van der Waals surface area (Å²) in [5.41, 5.74) is 0.0588. The molecule has 5 heteroatoms. The highest BCUT2D eigenvalue weighted by Crippen LogP contribution is 2.21. The summed E-state index contributed by atoms with van der Waals surface area (Å²) in [5.74, 6) is -0.780. The van der Waals surface area contributed by atoms with Gasteiger partial charge in [-0.1, -0.05) is 6.07 Å². The van der Waals surface area contributed by atoms with E-state index in [1.165, 1.54) is 19.2 Å². The molecule has 1 N–H and O–H groups in total. The Balaban J connectivity index is 2.08. The molecule has 0 amide bonds. The third-order valence-corrected chi connectivity index (χ3v) is 2.90. The number of hydrogen-bond donors (Lipinski definition) is 1. The molecule has 0 aliphatic carbocycles. The molecule has 1 heterocycles. The molecule has 0 saturated carbocycles. The lowest BCUT2D eigenvalue weighted by atomic mass is 10.0. The van der Waals surface area contributed by atoms with Crippen molar-refractivity contribution in [1.29, 1.82) is 0 Å². The van der Waals surface area contributed by atoms with E-state index in [4.69, 9.17) is 9.47 Å². The molecule has 98 valence electrons. The Kier molecular flexibility index (Phi) is 4.28. The van der Waals surface area contributed by atoms with E-state index in [1.807, 2.05) is 0 Å². The van der Waals surface area contributed by atoms with Gasteiger partial charge in [-0.25, -0.2) is 4.39 Å². The van der Waals surface area contributed by atoms with Crippen molar-refractivity contribution in [3.05, 3.63) is 29.6 Å². The van der Waals surface area contributed by atoms with Gasteiger partial charge in [0.25, 0.3) is 0 Å². The third kappa shape index (κ3) is 2.86. The maximum Gasteiger partial charge on any atom is 0.175 e. The Bertz CT molecular complexity index is 430. The molecule has 0 bridgehead atoms. The fourth-order valence-electron chi connectivity index (χ4n) is 1.95. The number of methoxy groups -OCH3 is 1. The number of hydrogen-bond acceptors (Lipinski definition) is 4. The summed E-state index contributed by atoms with van der Waals surface area (Å²) in [4.78, 5) is 12.0. The molecule has 1 aliphatic heterocycles. The van der Waals surface area contributed by atoms with Gasteiger partial charge in [-0.3, -0.25) is 4.79 Å². The van der Waals surface area contributed by atoms with Crippen molar-refractivity contribution in [2.24, 2.45) is 0 Å². The van der Waals surface area contributed by atoms with Crippen molar-refractivity contribution in [3.63, 3.8) is 0 Å². The van der Waals surface area contributed by atoms with Gasteiger partial charge < -0.3 is 14.8 Å². The lowest BCUT2D eigenvalue weighted by Gasteiger charge is -2.23. The number of nitrogens with one attached hydrogen (secondary N) is 1. The van der Waals surface area contributed by atoms with Gasteiger partial charge >= 0.3 is 0 Å². The molecule has 2 rings (SSSR count). The molecule has 1 unspecified atom stereocenters. The molecular weight excluding hydrogens is 237 g/mol. The average Bonchev–Trinajstić information content (AvgIpc) is 2.40. The van der Waals surface area contributed by atoms with Crippen LogP contribution < -0.4 is 10.1 Å². The van der Waals surface area contributed by atoms with E-state index in [1.54, 1.807) is 6.07 Å². The summed E-state index contributed by atoms with van der Waals surface area (Å²) in [6.45, 7) is 1.99. The molecule has 0 spiro atoms. The number of benzene rings is 1. The van der Waals surface area contributed by atoms with Crippen LogP contribution in [0.25, 0.3) is 0 Å². The first-order valence-electron chi connectivity index (χ1n) is 5.90. The largest absolute Gasteiger partial charge is 0.494 e. The van der Waals surface area contributed by atoms with Crippen LogP contribution in [0.2, 0.25) is 0 Å². The first kappa shape index (κ1) is 13.0. The molecule has 1 aliphatic rings. The Hall–Kier alpha value is -1.46. The number of morpholine rings is 1. The minimum Gasteiger partial charge on any atom is -0.494 e. The number of ether oxygens (including phenoxy) is 2. The molecule has 1 aromatic rings. The highest BCUT2D eigenvalue weighted by Gasteiger charge is 2.21. The van der Waals surface area contributed by atoms with Crippen LogP contribution in [0, 0.1) is 5.82 Å². The highest BCUT2D eigenvalue weighted by molar-refractivity contribution is 5.97. The minimum absolute atomic E-state index is 0.0588. The van der Waals surface area contributed by atoms with Crippen LogP contribution in [0.5, 0.6) is 5.75 Å². The van der Waals surface area contributed by atoms with Crippen molar-refractivity contribution < 1.29 is 18.7 Å². The SMILES string of the molecule is COc1cccc(C(=O)CC2CNCCO2)c1F. The summed E-state index contributed by atoms with van der Waals surface area (Å²) in [6, 6.07) is 4.57. The van der Waals surface area contributed by atoms with Crippen LogP contribution in [-0.2, 0) is 4.74 Å². The fraction of sp³-hybridized carbons (Fsp3) is 0.462. The first-order valence-corrected chi connectivity index (χ1v) is 5.90. The number of Topliss-reactive ketones (excluding diaryl/α,β-unsaturated/α-hetero) is 1. The predicted octanol–water partition coefficient (Wildman–Crippen LogP) is 1.40. The maximum absolute atomic E-state index is 13.9. The second kappa shape index (κ2) is 5.93. The van der Waals surface area contributed by atoms with E-state index in [9.17, 15) is 9.18 Å². The monoisotopic (exact) mass is 253 g/mol.